The first kappa shape index (κ1) is 16.6. The normalized spacial score (nSPS) is 13.4. The molecule has 8 heteroatoms. The summed E-state index contributed by atoms with van der Waals surface area (Å²) in [5, 5.41) is 11.6. The maximum Gasteiger partial charge on any atom is 0.323 e. The van der Waals surface area contributed by atoms with E-state index < -0.39 is 0 Å². The summed E-state index contributed by atoms with van der Waals surface area (Å²) in [6, 6.07) is 6.90. The average Bonchev–Trinajstić information content (AvgIpc) is 3.21. The number of nitrogens with zero attached hydrogens (tertiary/aromatic N) is 2. The van der Waals surface area contributed by atoms with Crippen LogP contribution in [0, 0.1) is 6.92 Å². The van der Waals surface area contributed by atoms with Crippen LogP contribution in [-0.4, -0.2) is 16.2 Å². The zero-order valence-electron chi connectivity index (χ0n) is 14.2. The van der Waals surface area contributed by atoms with Crippen molar-refractivity contribution in [2.75, 3.05) is 10.6 Å². The van der Waals surface area contributed by atoms with E-state index in [4.69, 9.17) is 9.26 Å². The molecule has 2 aromatic heterocycles. The van der Waals surface area contributed by atoms with E-state index in [1.165, 1.54) is 11.3 Å². The lowest BCUT2D eigenvalue weighted by molar-refractivity contribution is 0.262. The van der Waals surface area contributed by atoms with Crippen LogP contribution in [0.25, 0.3) is 0 Å². The SMILES string of the molecule is Cc1noc(C2CC2)c1NC(=O)Nc1cccc(OCc2cscn2)c1. The predicted octanol–water partition coefficient (Wildman–Crippen LogP) is 4.54. The Hall–Kier alpha value is -2.87. The molecule has 0 saturated heterocycles. The Balaban J connectivity index is 1.38. The van der Waals surface area contributed by atoms with Gasteiger partial charge in [0.15, 0.2) is 5.76 Å². The van der Waals surface area contributed by atoms with Crippen molar-refractivity contribution in [1.29, 1.82) is 0 Å². The number of aromatic nitrogens is 2. The molecule has 0 bridgehead atoms. The number of hydrogen-bond donors (Lipinski definition) is 2. The second-order valence-electron chi connectivity index (χ2n) is 6.16. The van der Waals surface area contributed by atoms with Crippen LogP contribution in [0.3, 0.4) is 0 Å². The molecule has 1 aliphatic rings. The molecule has 1 aromatic carbocycles. The molecule has 134 valence electrons. The average molecular weight is 370 g/mol. The van der Waals surface area contributed by atoms with Crippen LogP contribution in [0.2, 0.25) is 0 Å². The van der Waals surface area contributed by atoms with Gasteiger partial charge in [0.05, 0.1) is 11.2 Å². The van der Waals surface area contributed by atoms with Crippen LogP contribution < -0.4 is 15.4 Å². The van der Waals surface area contributed by atoms with Crippen molar-refractivity contribution in [3.05, 3.63) is 52.3 Å². The molecular formula is C18H18N4O3S. The van der Waals surface area contributed by atoms with E-state index in [1.807, 2.05) is 24.4 Å². The summed E-state index contributed by atoms with van der Waals surface area (Å²) >= 11 is 1.53. The van der Waals surface area contributed by atoms with Crippen molar-refractivity contribution < 1.29 is 14.1 Å². The molecule has 1 aliphatic carbocycles. The van der Waals surface area contributed by atoms with E-state index in [9.17, 15) is 4.79 Å². The van der Waals surface area contributed by atoms with E-state index in [-0.39, 0.29) is 6.03 Å². The quantitative estimate of drug-likeness (QED) is 0.665. The van der Waals surface area contributed by atoms with Crippen molar-refractivity contribution in [1.82, 2.24) is 10.1 Å². The lowest BCUT2D eigenvalue weighted by atomic mass is 10.2. The zero-order chi connectivity index (χ0) is 17.9. The second-order valence-corrected chi connectivity index (χ2v) is 6.88. The number of aryl methyl sites for hydroxylation is 1. The largest absolute Gasteiger partial charge is 0.487 e. The minimum absolute atomic E-state index is 0.338. The molecule has 0 atom stereocenters. The highest BCUT2D eigenvalue weighted by molar-refractivity contribution is 7.07. The number of anilines is 2. The monoisotopic (exact) mass is 370 g/mol. The first-order valence-corrected chi connectivity index (χ1v) is 9.27. The Morgan fingerprint density at radius 1 is 1.38 bits per heavy atom. The molecule has 3 aromatic rings. The summed E-state index contributed by atoms with van der Waals surface area (Å²) in [6.45, 7) is 2.21. The molecule has 0 unspecified atom stereocenters. The molecule has 2 amide bonds. The molecular weight excluding hydrogens is 352 g/mol. The van der Waals surface area contributed by atoms with Crippen LogP contribution >= 0.6 is 11.3 Å². The highest BCUT2D eigenvalue weighted by Crippen LogP contribution is 2.44. The number of hydrogen-bond acceptors (Lipinski definition) is 6. The zero-order valence-corrected chi connectivity index (χ0v) is 15.0. The smallest absolute Gasteiger partial charge is 0.323 e. The third-order valence-corrected chi connectivity index (χ3v) is 4.67. The Kier molecular flexibility index (Phi) is 4.57. The van der Waals surface area contributed by atoms with E-state index in [0.717, 1.165) is 24.3 Å². The van der Waals surface area contributed by atoms with E-state index in [1.54, 1.807) is 17.6 Å². The number of benzene rings is 1. The number of carbonyl (C=O) groups excluding carboxylic acids is 1. The van der Waals surface area contributed by atoms with Crippen molar-refractivity contribution in [3.8, 4) is 5.75 Å². The fraction of sp³-hybridized carbons (Fsp3) is 0.278. The van der Waals surface area contributed by atoms with Crippen molar-refractivity contribution in [3.63, 3.8) is 0 Å². The van der Waals surface area contributed by atoms with Gasteiger partial charge in [-0.3, -0.25) is 0 Å². The van der Waals surface area contributed by atoms with Gasteiger partial charge in [-0.05, 0) is 31.9 Å². The molecule has 1 saturated carbocycles. The molecule has 0 radical (unpaired) electrons. The van der Waals surface area contributed by atoms with Crippen molar-refractivity contribution >= 4 is 28.7 Å². The highest BCUT2D eigenvalue weighted by atomic mass is 32.1. The summed E-state index contributed by atoms with van der Waals surface area (Å²) in [5.74, 6) is 1.79. The van der Waals surface area contributed by atoms with Gasteiger partial charge >= 0.3 is 6.03 Å². The molecule has 1 fully saturated rings. The molecule has 0 spiro atoms. The number of thiazole rings is 1. The van der Waals surface area contributed by atoms with E-state index in [2.05, 4.69) is 20.8 Å². The minimum atomic E-state index is -0.338. The molecule has 4 rings (SSSR count). The fourth-order valence-electron chi connectivity index (χ4n) is 2.57. The molecule has 7 nitrogen and oxygen atoms in total. The summed E-state index contributed by atoms with van der Waals surface area (Å²) in [4.78, 5) is 16.5. The Labute approximate surface area is 154 Å². The summed E-state index contributed by atoms with van der Waals surface area (Å²) in [6.07, 6.45) is 2.15. The van der Waals surface area contributed by atoms with Gasteiger partial charge in [-0.2, -0.15) is 0 Å². The van der Waals surface area contributed by atoms with Gasteiger partial charge in [-0.1, -0.05) is 11.2 Å². The van der Waals surface area contributed by atoms with E-state index >= 15 is 0 Å². The van der Waals surface area contributed by atoms with Gasteiger partial charge in [-0.25, -0.2) is 9.78 Å². The van der Waals surface area contributed by atoms with Gasteiger partial charge < -0.3 is 19.9 Å². The molecule has 26 heavy (non-hydrogen) atoms. The molecule has 2 N–H and O–H groups in total. The fourth-order valence-corrected chi connectivity index (χ4v) is 3.11. The Morgan fingerprint density at radius 2 is 2.27 bits per heavy atom. The maximum atomic E-state index is 12.3. The summed E-state index contributed by atoms with van der Waals surface area (Å²) in [7, 11) is 0. The number of nitrogens with one attached hydrogen (secondary N) is 2. The van der Waals surface area contributed by atoms with Gasteiger partial charge in [0.2, 0.25) is 0 Å². The lowest BCUT2D eigenvalue weighted by Gasteiger charge is -2.10. The van der Waals surface area contributed by atoms with Crippen molar-refractivity contribution in [2.24, 2.45) is 0 Å². The number of ether oxygens (including phenoxy) is 1. The number of amides is 2. The second kappa shape index (κ2) is 7.17. The van der Waals surface area contributed by atoms with Crippen LogP contribution in [0.4, 0.5) is 16.2 Å². The number of urea groups is 1. The van der Waals surface area contributed by atoms with Gasteiger partial charge in [0, 0.05) is 23.1 Å². The van der Waals surface area contributed by atoms with Crippen LogP contribution in [0.5, 0.6) is 5.75 Å². The minimum Gasteiger partial charge on any atom is -0.487 e. The van der Waals surface area contributed by atoms with Crippen LogP contribution in [-0.2, 0) is 6.61 Å². The number of rotatable bonds is 6. The predicted molar refractivity (Wildman–Crippen MR) is 98.7 cm³/mol. The topological polar surface area (TPSA) is 89.3 Å². The number of carbonyl (C=O) groups is 1. The lowest BCUT2D eigenvalue weighted by Crippen LogP contribution is -2.20. The molecule has 0 aliphatic heterocycles. The Morgan fingerprint density at radius 3 is 3.04 bits per heavy atom. The maximum absolute atomic E-state index is 12.3. The van der Waals surface area contributed by atoms with Crippen LogP contribution in [0.15, 0.2) is 39.7 Å². The van der Waals surface area contributed by atoms with Gasteiger partial charge in [0.25, 0.3) is 0 Å². The third kappa shape index (κ3) is 3.85. The summed E-state index contributed by atoms with van der Waals surface area (Å²) in [5.41, 5.74) is 4.63. The van der Waals surface area contributed by atoms with Gasteiger partial charge in [-0.15, -0.1) is 11.3 Å². The standard InChI is InChI=1S/C18H18N4O3S/c1-11-16(17(25-22-11)12-5-6-12)21-18(23)20-13-3-2-4-15(7-13)24-8-14-9-26-10-19-14/h2-4,7,9-10,12H,5-6,8H2,1H3,(H2,20,21,23). The molecule has 2 heterocycles. The van der Waals surface area contributed by atoms with Crippen molar-refractivity contribution in [2.45, 2.75) is 32.3 Å². The first-order chi connectivity index (χ1) is 12.7. The van der Waals surface area contributed by atoms with Crippen LogP contribution in [0.1, 0.15) is 35.9 Å². The third-order valence-electron chi connectivity index (χ3n) is 4.04. The van der Waals surface area contributed by atoms with Gasteiger partial charge in [0.1, 0.15) is 23.7 Å². The highest BCUT2D eigenvalue weighted by Gasteiger charge is 2.32. The summed E-state index contributed by atoms with van der Waals surface area (Å²) < 4.78 is 11.0. The first-order valence-electron chi connectivity index (χ1n) is 8.33. The Bertz CT molecular complexity index is 903. The van der Waals surface area contributed by atoms with E-state index in [0.29, 0.717) is 35.3 Å².